The minimum Gasteiger partial charge on any atom is -0.444 e. The second kappa shape index (κ2) is 5.89. The molecule has 0 radical (unpaired) electrons. The second-order valence-corrected chi connectivity index (χ2v) is 7.17. The third-order valence-electron chi connectivity index (χ3n) is 4.29. The predicted octanol–water partition coefficient (Wildman–Crippen LogP) is 3.11. The Morgan fingerprint density at radius 2 is 1.96 bits per heavy atom. The first-order valence-electron chi connectivity index (χ1n) is 8.12. The molecular weight excluding hydrogens is 306 g/mol. The summed E-state index contributed by atoms with van der Waals surface area (Å²) in [6.07, 6.45) is 3.07. The van der Waals surface area contributed by atoms with Crippen LogP contribution in [0, 0.1) is 0 Å². The van der Waals surface area contributed by atoms with Gasteiger partial charge in [0.2, 0.25) is 0 Å². The lowest BCUT2D eigenvalue weighted by atomic mass is 9.90. The number of carbonyl (C=O) groups is 1. The summed E-state index contributed by atoms with van der Waals surface area (Å²) in [6.45, 7) is 10.1. The van der Waals surface area contributed by atoms with Crippen molar-refractivity contribution in [2.45, 2.75) is 58.7 Å². The van der Waals surface area contributed by atoms with Gasteiger partial charge in [-0.1, -0.05) is 6.92 Å². The first kappa shape index (κ1) is 16.4. The minimum absolute atomic E-state index is 0.000178. The molecule has 1 aliphatic heterocycles. The van der Waals surface area contributed by atoms with Crippen LogP contribution in [0.2, 0.25) is 0 Å². The topological polar surface area (TPSA) is 84.0 Å². The molecule has 7 heteroatoms. The van der Waals surface area contributed by atoms with Gasteiger partial charge in [0.15, 0.2) is 5.82 Å². The van der Waals surface area contributed by atoms with Gasteiger partial charge < -0.3 is 9.64 Å². The Labute approximate surface area is 141 Å². The molecule has 0 aliphatic carbocycles. The zero-order valence-electron chi connectivity index (χ0n) is 14.7. The molecular formula is C17H23N5O2. The van der Waals surface area contributed by atoms with Crippen LogP contribution in [0.1, 0.15) is 51.8 Å². The normalized spacial score (nSPS) is 20.6. The van der Waals surface area contributed by atoms with Crippen LogP contribution >= 0.6 is 0 Å². The zero-order valence-corrected chi connectivity index (χ0v) is 14.7. The van der Waals surface area contributed by atoms with Crippen molar-refractivity contribution < 1.29 is 9.53 Å². The molecule has 0 saturated carbocycles. The van der Waals surface area contributed by atoms with E-state index in [9.17, 15) is 4.79 Å². The molecule has 2 aromatic rings. The molecule has 2 aromatic heterocycles. The summed E-state index contributed by atoms with van der Waals surface area (Å²) in [7, 11) is 0. The number of amides is 1. The molecule has 1 aliphatic rings. The zero-order chi connectivity index (χ0) is 17.5. The summed E-state index contributed by atoms with van der Waals surface area (Å²) < 4.78 is 5.56. The second-order valence-electron chi connectivity index (χ2n) is 7.17. The molecule has 7 nitrogen and oxygen atoms in total. The summed E-state index contributed by atoms with van der Waals surface area (Å²) in [4.78, 5) is 22.9. The average Bonchev–Trinajstić information content (AvgIpc) is 2.94. The van der Waals surface area contributed by atoms with Crippen molar-refractivity contribution >= 4 is 6.09 Å². The van der Waals surface area contributed by atoms with Crippen LogP contribution in [0.15, 0.2) is 18.5 Å². The van der Waals surface area contributed by atoms with Crippen molar-refractivity contribution in [3.05, 3.63) is 29.7 Å². The average molecular weight is 329 g/mol. The Morgan fingerprint density at radius 3 is 2.58 bits per heavy atom. The van der Waals surface area contributed by atoms with E-state index in [0.29, 0.717) is 12.4 Å². The lowest BCUT2D eigenvalue weighted by Crippen LogP contribution is -2.46. The summed E-state index contributed by atoms with van der Waals surface area (Å²) in [6, 6.07) is 1.77. The van der Waals surface area contributed by atoms with Gasteiger partial charge in [-0.25, -0.2) is 14.8 Å². The molecule has 128 valence electrons. The Bertz CT molecular complexity index is 735. The van der Waals surface area contributed by atoms with Gasteiger partial charge >= 0.3 is 6.09 Å². The SMILES string of the molecule is C[C@@H]1[C@@H](C)c2n[nH]c(-c3ncccn3)c2CN1C(=O)OC(C)(C)C. The number of aromatic nitrogens is 4. The number of aromatic amines is 1. The number of rotatable bonds is 1. The van der Waals surface area contributed by atoms with Gasteiger partial charge in [0.05, 0.1) is 12.2 Å². The van der Waals surface area contributed by atoms with E-state index in [0.717, 1.165) is 17.0 Å². The maximum atomic E-state index is 12.6. The van der Waals surface area contributed by atoms with Crippen molar-refractivity contribution in [3.63, 3.8) is 0 Å². The van der Waals surface area contributed by atoms with E-state index in [1.807, 2.05) is 27.7 Å². The highest BCUT2D eigenvalue weighted by Gasteiger charge is 2.38. The monoisotopic (exact) mass is 329 g/mol. The number of fused-ring (bicyclic) bond motifs is 1. The maximum absolute atomic E-state index is 12.6. The number of H-pyrrole nitrogens is 1. The smallest absolute Gasteiger partial charge is 0.410 e. The molecule has 1 amide bonds. The first-order chi connectivity index (χ1) is 11.3. The van der Waals surface area contributed by atoms with Crippen LogP contribution in [0.25, 0.3) is 11.5 Å². The van der Waals surface area contributed by atoms with E-state index < -0.39 is 5.60 Å². The van der Waals surface area contributed by atoms with Crippen LogP contribution < -0.4 is 0 Å². The fraction of sp³-hybridized carbons (Fsp3) is 0.529. The standard InChI is InChI=1S/C17H23N5O2/c1-10-11(2)22(16(23)24-17(3,4)5)9-12-13(10)20-21-14(12)15-18-7-6-8-19-15/h6-8,10-11H,9H2,1-5H3,(H,20,21)/t10-,11-/m1/s1. The van der Waals surface area contributed by atoms with E-state index in [1.165, 1.54) is 0 Å². The largest absolute Gasteiger partial charge is 0.444 e. The fourth-order valence-corrected chi connectivity index (χ4v) is 2.89. The number of hydrogen-bond donors (Lipinski definition) is 1. The summed E-state index contributed by atoms with van der Waals surface area (Å²) >= 11 is 0. The van der Waals surface area contributed by atoms with Crippen LogP contribution in [-0.2, 0) is 11.3 Å². The Morgan fingerprint density at radius 1 is 1.29 bits per heavy atom. The highest BCUT2D eigenvalue weighted by molar-refractivity contribution is 5.70. The van der Waals surface area contributed by atoms with Crippen LogP contribution in [0.3, 0.4) is 0 Å². The molecule has 0 fully saturated rings. The van der Waals surface area contributed by atoms with Crippen molar-refractivity contribution in [2.75, 3.05) is 0 Å². The lowest BCUT2D eigenvalue weighted by molar-refractivity contribution is 0.0110. The highest BCUT2D eigenvalue weighted by Crippen LogP contribution is 2.36. The minimum atomic E-state index is -0.526. The predicted molar refractivity (Wildman–Crippen MR) is 89.3 cm³/mol. The quantitative estimate of drug-likeness (QED) is 0.869. The molecule has 3 heterocycles. The Balaban J connectivity index is 1.95. The Hall–Kier alpha value is -2.44. The number of hydrogen-bond acceptors (Lipinski definition) is 5. The summed E-state index contributed by atoms with van der Waals surface area (Å²) in [5, 5.41) is 7.49. The van der Waals surface area contributed by atoms with E-state index >= 15 is 0 Å². The van der Waals surface area contributed by atoms with Gasteiger partial charge in [-0.2, -0.15) is 5.10 Å². The molecule has 0 unspecified atom stereocenters. The van der Waals surface area contributed by atoms with Crippen LogP contribution in [-0.4, -0.2) is 42.8 Å². The molecule has 0 aromatic carbocycles. The van der Waals surface area contributed by atoms with Crippen molar-refractivity contribution in [2.24, 2.45) is 0 Å². The molecule has 0 saturated heterocycles. The van der Waals surface area contributed by atoms with Gasteiger partial charge in [0.25, 0.3) is 0 Å². The number of nitrogens with one attached hydrogen (secondary N) is 1. The number of ether oxygens (including phenoxy) is 1. The van der Waals surface area contributed by atoms with E-state index in [2.05, 4.69) is 27.1 Å². The lowest BCUT2D eigenvalue weighted by Gasteiger charge is -2.38. The summed E-state index contributed by atoms with van der Waals surface area (Å²) in [5.74, 6) is 0.673. The van der Waals surface area contributed by atoms with E-state index in [-0.39, 0.29) is 18.1 Å². The van der Waals surface area contributed by atoms with Crippen LogP contribution in [0.4, 0.5) is 4.79 Å². The fourth-order valence-electron chi connectivity index (χ4n) is 2.89. The van der Waals surface area contributed by atoms with Gasteiger partial charge in [-0.05, 0) is 33.8 Å². The molecule has 2 atom stereocenters. The van der Waals surface area contributed by atoms with Gasteiger partial charge in [0.1, 0.15) is 11.3 Å². The summed E-state index contributed by atoms with van der Waals surface area (Å²) in [5.41, 5.74) is 2.16. The van der Waals surface area contributed by atoms with Gasteiger partial charge in [-0.15, -0.1) is 0 Å². The number of nitrogens with zero attached hydrogens (tertiary/aromatic N) is 4. The van der Waals surface area contributed by atoms with Crippen molar-refractivity contribution in [1.82, 2.24) is 25.1 Å². The van der Waals surface area contributed by atoms with E-state index in [4.69, 9.17) is 4.74 Å². The number of carbonyl (C=O) groups excluding carboxylic acids is 1. The third kappa shape index (κ3) is 2.98. The highest BCUT2D eigenvalue weighted by atomic mass is 16.6. The van der Waals surface area contributed by atoms with Gasteiger partial charge in [-0.3, -0.25) is 5.10 Å². The third-order valence-corrected chi connectivity index (χ3v) is 4.29. The Kier molecular flexibility index (Phi) is 4.03. The van der Waals surface area contributed by atoms with Crippen LogP contribution in [0.5, 0.6) is 0 Å². The molecule has 3 rings (SSSR count). The van der Waals surface area contributed by atoms with Gasteiger partial charge in [0, 0.05) is 29.9 Å². The van der Waals surface area contributed by atoms with Crippen molar-refractivity contribution in [1.29, 1.82) is 0 Å². The molecule has 24 heavy (non-hydrogen) atoms. The van der Waals surface area contributed by atoms with Crippen molar-refractivity contribution in [3.8, 4) is 11.5 Å². The molecule has 1 N–H and O–H groups in total. The van der Waals surface area contributed by atoms with E-state index in [1.54, 1.807) is 23.4 Å². The first-order valence-corrected chi connectivity index (χ1v) is 8.12. The molecule has 0 bridgehead atoms. The maximum Gasteiger partial charge on any atom is 0.410 e. The molecule has 0 spiro atoms.